The third-order valence-electron chi connectivity index (χ3n) is 4.92. The molecule has 1 fully saturated rings. The molecule has 1 unspecified atom stereocenters. The van der Waals surface area contributed by atoms with Gasteiger partial charge >= 0.3 is 0 Å². The summed E-state index contributed by atoms with van der Waals surface area (Å²) in [6.07, 6.45) is 4.92. The smallest absolute Gasteiger partial charge is 0.254 e. The maximum atomic E-state index is 13.4. The Kier molecular flexibility index (Phi) is 5.82. The van der Waals surface area contributed by atoms with E-state index in [4.69, 9.17) is 0 Å². The van der Waals surface area contributed by atoms with Crippen LogP contribution < -0.4 is 5.32 Å². The molecule has 3 rings (SSSR count). The van der Waals surface area contributed by atoms with Crippen LogP contribution >= 0.6 is 0 Å². The molecule has 1 aliphatic heterocycles. The van der Waals surface area contributed by atoms with Crippen molar-refractivity contribution in [1.82, 2.24) is 15.2 Å². The van der Waals surface area contributed by atoms with Gasteiger partial charge in [-0.3, -0.25) is 9.78 Å². The molecule has 0 radical (unpaired) electrons. The Hall–Kier alpha value is -2.20. The lowest BCUT2D eigenvalue weighted by molar-refractivity contribution is 0.0641. The molecule has 1 amide bonds. The molecular weight excluding hydrogens is 310 g/mol. The van der Waals surface area contributed by atoms with Crippen molar-refractivity contribution in [3.63, 3.8) is 0 Å². The summed E-state index contributed by atoms with van der Waals surface area (Å²) in [6.45, 7) is 6.64. The summed E-state index contributed by atoms with van der Waals surface area (Å²) in [5.74, 6) is 0.120. The number of nitrogens with zero attached hydrogens (tertiary/aromatic N) is 2. The number of benzene rings is 1. The fourth-order valence-corrected chi connectivity index (χ4v) is 3.55. The van der Waals surface area contributed by atoms with E-state index < -0.39 is 0 Å². The van der Waals surface area contributed by atoms with Crippen molar-refractivity contribution in [3.05, 3.63) is 65.0 Å². The molecule has 1 atom stereocenters. The molecule has 1 saturated heterocycles. The third-order valence-corrected chi connectivity index (χ3v) is 4.92. The highest BCUT2D eigenvalue weighted by atomic mass is 16.2. The van der Waals surface area contributed by atoms with Crippen LogP contribution in [-0.2, 0) is 6.54 Å². The molecule has 1 N–H and O–H groups in total. The lowest BCUT2D eigenvalue weighted by Gasteiger charge is -2.31. The van der Waals surface area contributed by atoms with Gasteiger partial charge in [0.15, 0.2) is 0 Å². The van der Waals surface area contributed by atoms with Crippen molar-refractivity contribution in [2.45, 2.75) is 45.7 Å². The van der Waals surface area contributed by atoms with E-state index in [1.165, 1.54) is 5.56 Å². The van der Waals surface area contributed by atoms with E-state index in [9.17, 15) is 4.79 Å². The number of aromatic nitrogens is 1. The minimum atomic E-state index is 0.120. The van der Waals surface area contributed by atoms with Crippen LogP contribution in [0.2, 0.25) is 0 Å². The summed E-state index contributed by atoms with van der Waals surface area (Å²) in [5, 5.41) is 3.44. The maximum Gasteiger partial charge on any atom is 0.254 e. The first-order valence-corrected chi connectivity index (χ1v) is 9.14. The largest absolute Gasteiger partial charge is 0.330 e. The number of carbonyl (C=O) groups is 1. The number of amides is 1. The SMILES string of the molecule is Cc1ccc(C(=O)N(Cc2ccccn2)C2CCCNCC2)c(C)c1. The van der Waals surface area contributed by atoms with Gasteiger partial charge in [0.05, 0.1) is 12.2 Å². The molecule has 1 aromatic heterocycles. The second kappa shape index (κ2) is 8.26. The van der Waals surface area contributed by atoms with Crippen molar-refractivity contribution in [1.29, 1.82) is 0 Å². The zero-order chi connectivity index (χ0) is 17.6. The van der Waals surface area contributed by atoms with Crippen LogP contribution in [0.4, 0.5) is 0 Å². The Morgan fingerprint density at radius 2 is 2.08 bits per heavy atom. The van der Waals surface area contributed by atoms with E-state index in [0.717, 1.165) is 49.2 Å². The van der Waals surface area contributed by atoms with Gasteiger partial charge in [-0.2, -0.15) is 0 Å². The van der Waals surface area contributed by atoms with E-state index in [2.05, 4.69) is 23.3 Å². The Labute approximate surface area is 150 Å². The van der Waals surface area contributed by atoms with Gasteiger partial charge < -0.3 is 10.2 Å². The lowest BCUT2D eigenvalue weighted by Crippen LogP contribution is -2.40. The second-order valence-corrected chi connectivity index (χ2v) is 6.91. The highest BCUT2D eigenvalue weighted by Crippen LogP contribution is 2.21. The van der Waals surface area contributed by atoms with Crippen LogP contribution in [0.3, 0.4) is 0 Å². The van der Waals surface area contributed by atoms with Crippen molar-refractivity contribution in [2.24, 2.45) is 0 Å². The summed E-state index contributed by atoms with van der Waals surface area (Å²) < 4.78 is 0. The van der Waals surface area contributed by atoms with E-state index in [1.54, 1.807) is 6.20 Å². The molecule has 132 valence electrons. The number of hydrogen-bond acceptors (Lipinski definition) is 3. The number of aryl methyl sites for hydroxylation is 2. The van der Waals surface area contributed by atoms with Gasteiger partial charge in [-0.1, -0.05) is 23.8 Å². The second-order valence-electron chi connectivity index (χ2n) is 6.91. The standard InChI is InChI=1S/C21H27N3O/c1-16-8-9-20(17(2)14-16)21(25)24(15-18-6-3-4-12-23-18)19-7-5-11-22-13-10-19/h3-4,6,8-9,12,14,19,22H,5,7,10-11,13,15H2,1-2H3. The Morgan fingerprint density at radius 3 is 2.84 bits per heavy atom. The molecular formula is C21H27N3O. The fourth-order valence-electron chi connectivity index (χ4n) is 3.55. The van der Waals surface area contributed by atoms with Gasteiger partial charge in [0.25, 0.3) is 5.91 Å². The Balaban J connectivity index is 1.90. The predicted octanol–water partition coefficient (Wildman–Crippen LogP) is 3.48. The molecule has 2 heterocycles. The van der Waals surface area contributed by atoms with Crippen molar-refractivity contribution in [2.75, 3.05) is 13.1 Å². The van der Waals surface area contributed by atoms with Crippen LogP contribution in [-0.4, -0.2) is 34.9 Å². The van der Waals surface area contributed by atoms with Crippen molar-refractivity contribution in [3.8, 4) is 0 Å². The van der Waals surface area contributed by atoms with E-state index in [1.807, 2.05) is 42.2 Å². The van der Waals surface area contributed by atoms with Crippen LogP contribution in [0.1, 0.15) is 46.4 Å². The average molecular weight is 337 g/mol. The van der Waals surface area contributed by atoms with Gasteiger partial charge in [-0.15, -0.1) is 0 Å². The van der Waals surface area contributed by atoms with Crippen LogP contribution in [0, 0.1) is 13.8 Å². The molecule has 4 nitrogen and oxygen atoms in total. The van der Waals surface area contributed by atoms with Gasteiger partial charge in [0, 0.05) is 17.8 Å². The van der Waals surface area contributed by atoms with Crippen LogP contribution in [0.15, 0.2) is 42.6 Å². The Morgan fingerprint density at radius 1 is 1.20 bits per heavy atom. The number of carbonyl (C=O) groups excluding carboxylic acids is 1. The molecule has 4 heteroatoms. The highest BCUT2D eigenvalue weighted by Gasteiger charge is 2.26. The third kappa shape index (κ3) is 4.45. The maximum absolute atomic E-state index is 13.4. The van der Waals surface area contributed by atoms with Gasteiger partial charge in [0.1, 0.15) is 0 Å². The summed E-state index contributed by atoms with van der Waals surface area (Å²) in [7, 11) is 0. The van der Waals surface area contributed by atoms with Gasteiger partial charge in [-0.25, -0.2) is 0 Å². The topological polar surface area (TPSA) is 45.2 Å². The van der Waals surface area contributed by atoms with Crippen LogP contribution in [0.25, 0.3) is 0 Å². The summed E-state index contributed by atoms with van der Waals surface area (Å²) in [6, 6.07) is 12.2. The number of rotatable bonds is 4. The van der Waals surface area contributed by atoms with Crippen LogP contribution in [0.5, 0.6) is 0 Å². The zero-order valence-electron chi connectivity index (χ0n) is 15.2. The average Bonchev–Trinajstić information content (AvgIpc) is 2.89. The summed E-state index contributed by atoms with van der Waals surface area (Å²) in [4.78, 5) is 19.8. The predicted molar refractivity (Wildman–Crippen MR) is 101 cm³/mol. The minimum absolute atomic E-state index is 0.120. The highest BCUT2D eigenvalue weighted by molar-refractivity contribution is 5.95. The molecule has 0 spiro atoms. The molecule has 1 aromatic carbocycles. The van der Waals surface area contributed by atoms with Crippen molar-refractivity contribution >= 4 is 5.91 Å². The quantitative estimate of drug-likeness (QED) is 0.929. The molecule has 2 aromatic rings. The zero-order valence-corrected chi connectivity index (χ0v) is 15.2. The van der Waals surface area contributed by atoms with Gasteiger partial charge in [0.2, 0.25) is 0 Å². The monoisotopic (exact) mass is 337 g/mol. The Bertz CT molecular complexity index is 706. The number of hydrogen-bond donors (Lipinski definition) is 1. The lowest BCUT2D eigenvalue weighted by atomic mass is 10.0. The first-order valence-electron chi connectivity index (χ1n) is 9.14. The molecule has 25 heavy (non-hydrogen) atoms. The van der Waals surface area contributed by atoms with Crippen molar-refractivity contribution < 1.29 is 4.79 Å². The molecule has 0 aliphatic carbocycles. The molecule has 1 aliphatic rings. The van der Waals surface area contributed by atoms with Gasteiger partial charge in [-0.05, 0) is 70.0 Å². The first-order chi connectivity index (χ1) is 12.1. The van der Waals surface area contributed by atoms with E-state index in [0.29, 0.717) is 6.54 Å². The summed E-state index contributed by atoms with van der Waals surface area (Å²) in [5.41, 5.74) is 3.98. The number of nitrogens with one attached hydrogen (secondary N) is 1. The van der Waals surface area contributed by atoms with E-state index >= 15 is 0 Å². The first kappa shape index (κ1) is 17.6. The number of pyridine rings is 1. The van der Waals surface area contributed by atoms with E-state index in [-0.39, 0.29) is 11.9 Å². The minimum Gasteiger partial charge on any atom is -0.330 e. The summed E-state index contributed by atoms with van der Waals surface area (Å²) >= 11 is 0. The molecule has 0 saturated carbocycles. The fraction of sp³-hybridized carbons (Fsp3) is 0.429. The normalized spacial score (nSPS) is 17.8. The molecule has 0 bridgehead atoms.